The molecule has 0 aliphatic heterocycles. The zero-order valence-corrected chi connectivity index (χ0v) is 14.7. The first-order valence-corrected chi connectivity index (χ1v) is 8.45. The third kappa shape index (κ3) is 3.12. The zero-order valence-electron chi connectivity index (χ0n) is 13.9. The number of oxazole rings is 1. The molecule has 4 nitrogen and oxygen atoms in total. The predicted molar refractivity (Wildman–Crippen MR) is 98.9 cm³/mol. The largest absolute Gasteiger partial charge is 0.429 e. The molecule has 0 saturated heterocycles. The van der Waals surface area contributed by atoms with Gasteiger partial charge >= 0.3 is 0 Å². The molecule has 1 aromatic heterocycles. The van der Waals surface area contributed by atoms with Gasteiger partial charge in [0.1, 0.15) is 0 Å². The van der Waals surface area contributed by atoms with E-state index in [-0.39, 0.29) is 5.91 Å². The van der Waals surface area contributed by atoms with Crippen LogP contribution in [0.1, 0.15) is 18.9 Å². The van der Waals surface area contributed by atoms with Crippen molar-refractivity contribution in [2.45, 2.75) is 26.3 Å². The Labute approximate surface area is 146 Å². The molecule has 0 N–H and O–H groups in total. The van der Waals surface area contributed by atoms with Gasteiger partial charge in [-0.15, -0.1) is 0 Å². The monoisotopic (exact) mass is 340 g/mol. The van der Waals surface area contributed by atoms with Crippen LogP contribution in [-0.2, 0) is 17.8 Å². The summed E-state index contributed by atoms with van der Waals surface area (Å²) in [7, 11) is 1.82. The van der Waals surface area contributed by atoms with E-state index in [9.17, 15) is 4.79 Å². The van der Waals surface area contributed by atoms with Gasteiger partial charge in [0.05, 0.1) is 5.52 Å². The highest BCUT2D eigenvalue weighted by Gasteiger charge is 2.15. The van der Waals surface area contributed by atoms with Crippen LogP contribution in [0.25, 0.3) is 11.1 Å². The fraction of sp³-hybridized carbons (Fsp3) is 0.263. The molecule has 0 aliphatic carbocycles. The molecule has 3 aromatic rings. The Morgan fingerprint density at radius 1 is 1.17 bits per heavy atom. The molecule has 0 unspecified atom stereocenters. The third-order valence-corrected chi connectivity index (χ3v) is 4.53. The van der Waals surface area contributed by atoms with Crippen LogP contribution >= 0.6 is 12.2 Å². The Hall–Kier alpha value is -2.40. The van der Waals surface area contributed by atoms with Crippen LogP contribution in [0.2, 0.25) is 0 Å². The number of carbonyl (C=O) groups is 1. The molecule has 0 spiro atoms. The maximum absolute atomic E-state index is 12.6. The number of amides is 1. The van der Waals surface area contributed by atoms with Crippen molar-refractivity contribution >= 4 is 34.9 Å². The Bertz CT molecular complexity index is 926. The Balaban J connectivity index is 1.77. The Kier molecular flexibility index (Phi) is 4.81. The van der Waals surface area contributed by atoms with Crippen molar-refractivity contribution in [1.29, 1.82) is 0 Å². The standard InChI is InChI=1S/C19H20N2O2S/c1-3-14-8-4-5-9-15(14)20(2)18(22)12-13-21-16-10-6-7-11-17(16)23-19(21)24/h4-11H,3,12-13H2,1-2H3. The SMILES string of the molecule is CCc1ccccc1N(C)C(=O)CCn1c(=S)oc2ccccc21. The summed E-state index contributed by atoms with van der Waals surface area (Å²) < 4.78 is 7.44. The zero-order chi connectivity index (χ0) is 17.1. The number of fused-ring (bicyclic) bond motifs is 1. The number of benzene rings is 2. The van der Waals surface area contributed by atoms with Crippen LogP contribution in [-0.4, -0.2) is 17.5 Å². The van der Waals surface area contributed by atoms with Crippen molar-refractivity contribution in [3.05, 3.63) is 58.9 Å². The summed E-state index contributed by atoms with van der Waals surface area (Å²) in [5.41, 5.74) is 3.80. The first-order chi connectivity index (χ1) is 11.6. The minimum absolute atomic E-state index is 0.0584. The number of rotatable bonds is 5. The second-order valence-electron chi connectivity index (χ2n) is 5.67. The molecule has 0 aliphatic rings. The summed E-state index contributed by atoms with van der Waals surface area (Å²) in [5.74, 6) is 0.0584. The second kappa shape index (κ2) is 7.01. The summed E-state index contributed by atoms with van der Waals surface area (Å²) in [6, 6.07) is 15.7. The summed E-state index contributed by atoms with van der Waals surface area (Å²) in [6.07, 6.45) is 1.26. The molecule has 0 radical (unpaired) electrons. The first kappa shape index (κ1) is 16.5. The van der Waals surface area contributed by atoms with E-state index in [4.69, 9.17) is 16.6 Å². The van der Waals surface area contributed by atoms with E-state index < -0.39 is 0 Å². The van der Waals surface area contributed by atoms with Crippen molar-refractivity contribution in [3.8, 4) is 0 Å². The lowest BCUT2D eigenvalue weighted by Crippen LogP contribution is -2.28. The molecule has 2 aromatic carbocycles. The van der Waals surface area contributed by atoms with Crippen LogP contribution in [0.4, 0.5) is 5.69 Å². The number of para-hydroxylation sites is 3. The molecule has 3 rings (SSSR count). The van der Waals surface area contributed by atoms with Gasteiger partial charge in [-0.2, -0.15) is 0 Å². The fourth-order valence-electron chi connectivity index (χ4n) is 2.87. The van der Waals surface area contributed by atoms with Crippen molar-refractivity contribution in [1.82, 2.24) is 4.57 Å². The Morgan fingerprint density at radius 2 is 1.88 bits per heavy atom. The highest BCUT2D eigenvalue weighted by molar-refractivity contribution is 7.71. The van der Waals surface area contributed by atoms with Crippen LogP contribution < -0.4 is 4.90 Å². The number of hydrogen-bond acceptors (Lipinski definition) is 3. The van der Waals surface area contributed by atoms with Crippen molar-refractivity contribution < 1.29 is 9.21 Å². The Morgan fingerprint density at radius 3 is 2.67 bits per heavy atom. The van der Waals surface area contributed by atoms with E-state index in [1.807, 2.05) is 54.1 Å². The minimum Gasteiger partial charge on any atom is -0.429 e. The lowest BCUT2D eigenvalue weighted by atomic mass is 10.1. The molecule has 0 bridgehead atoms. The summed E-state index contributed by atoms with van der Waals surface area (Å²) in [6.45, 7) is 2.60. The molecule has 24 heavy (non-hydrogen) atoms. The van der Waals surface area contributed by atoms with Crippen LogP contribution in [0.5, 0.6) is 0 Å². The maximum atomic E-state index is 12.6. The second-order valence-corrected chi connectivity index (χ2v) is 6.02. The number of aromatic nitrogens is 1. The number of nitrogens with zero attached hydrogens (tertiary/aromatic N) is 2. The van der Waals surface area contributed by atoms with Gasteiger partial charge in [-0.1, -0.05) is 37.3 Å². The highest BCUT2D eigenvalue weighted by Crippen LogP contribution is 2.21. The van der Waals surface area contributed by atoms with Gasteiger partial charge in [-0.3, -0.25) is 9.36 Å². The van der Waals surface area contributed by atoms with Gasteiger partial charge in [0.2, 0.25) is 5.91 Å². The normalized spacial score (nSPS) is 10.9. The average Bonchev–Trinajstić information content (AvgIpc) is 2.94. The molecule has 0 fully saturated rings. The topological polar surface area (TPSA) is 38.4 Å². The number of anilines is 1. The number of hydrogen-bond donors (Lipinski definition) is 0. The lowest BCUT2D eigenvalue weighted by molar-refractivity contribution is -0.118. The third-order valence-electron chi connectivity index (χ3n) is 4.23. The molecule has 0 saturated carbocycles. The molecule has 5 heteroatoms. The van der Waals surface area contributed by atoms with E-state index in [0.29, 0.717) is 17.8 Å². The van der Waals surface area contributed by atoms with Crippen LogP contribution in [0, 0.1) is 4.84 Å². The smallest absolute Gasteiger partial charge is 0.269 e. The van der Waals surface area contributed by atoms with Crippen molar-refractivity contribution in [2.24, 2.45) is 0 Å². The van der Waals surface area contributed by atoms with Gasteiger partial charge in [0.25, 0.3) is 4.84 Å². The van der Waals surface area contributed by atoms with Crippen LogP contribution in [0.15, 0.2) is 52.9 Å². The molecular weight excluding hydrogens is 320 g/mol. The molecular formula is C19H20N2O2S. The van der Waals surface area contributed by atoms with Gasteiger partial charge in [-0.25, -0.2) is 0 Å². The summed E-state index contributed by atoms with van der Waals surface area (Å²) >= 11 is 5.28. The van der Waals surface area contributed by atoms with Crippen molar-refractivity contribution in [3.63, 3.8) is 0 Å². The van der Waals surface area contributed by atoms with Gasteiger partial charge in [0, 0.05) is 25.7 Å². The van der Waals surface area contributed by atoms with E-state index >= 15 is 0 Å². The van der Waals surface area contributed by atoms with Gasteiger partial charge in [0.15, 0.2) is 5.58 Å². The molecule has 0 atom stereocenters. The summed E-state index contributed by atoms with van der Waals surface area (Å²) in [5, 5.41) is 0. The minimum atomic E-state index is 0.0584. The number of aryl methyl sites for hydroxylation is 2. The quantitative estimate of drug-likeness (QED) is 0.638. The summed E-state index contributed by atoms with van der Waals surface area (Å²) in [4.78, 5) is 14.7. The predicted octanol–water partition coefficient (Wildman–Crippen LogP) is 4.58. The van der Waals surface area contributed by atoms with Gasteiger partial charge in [-0.05, 0) is 42.4 Å². The van der Waals surface area contributed by atoms with Crippen LogP contribution in [0.3, 0.4) is 0 Å². The van der Waals surface area contributed by atoms with E-state index in [0.717, 1.165) is 23.2 Å². The van der Waals surface area contributed by atoms with E-state index in [2.05, 4.69) is 13.0 Å². The molecule has 1 amide bonds. The highest BCUT2D eigenvalue weighted by atomic mass is 32.1. The fourth-order valence-corrected chi connectivity index (χ4v) is 3.15. The number of carbonyl (C=O) groups excluding carboxylic acids is 1. The van der Waals surface area contributed by atoms with E-state index in [1.165, 1.54) is 5.56 Å². The molecule has 124 valence electrons. The lowest BCUT2D eigenvalue weighted by Gasteiger charge is -2.20. The van der Waals surface area contributed by atoms with Crippen molar-refractivity contribution in [2.75, 3.05) is 11.9 Å². The average molecular weight is 340 g/mol. The van der Waals surface area contributed by atoms with E-state index in [1.54, 1.807) is 4.90 Å². The first-order valence-electron chi connectivity index (χ1n) is 8.04. The molecule has 1 heterocycles. The maximum Gasteiger partial charge on any atom is 0.269 e. The van der Waals surface area contributed by atoms with Gasteiger partial charge < -0.3 is 9.32 Å².